The van der Waals surface area contributed by atoms with Gasteiger partial charge in [-0.15, -0.1) is 55.3 Å². The Morgan fingerprint density at radius 3 is 0.491 bits per heavy atom. The molecule has 0 N–H and O–H groups in total. The molecule has 0 spiro atoms. The van der Waals surface area contributed by atoms with E-state index in [1.54, 1.807) is 0 Å². The minimum Gasteiger partial charge on any atom is 0 e. The van der Waals surface area contributed by atoms with Gasteiger partial charge < -0.3 is 0 Å². The van der Waals surface area contributed by atoms with Crippen LogP contribution in [0.1, 0.15) is 193 Å². The van der Waals surface area contributed by atoms with Crippen molar-refractivity contribution in [2.24, 2.45) is 0 Å². The second kappa shape index (κ2) is 72.6. The number of rotatable bonds is 42. The summed E-state index contributed by atoms with van der Waals surface area (Å²) < 4.78 is 22.5. The fourth-order valence-corrected chi connectivity index (χ4v) is 11.9. The molecule has 6 heteroatoms. The van der Waals surface area contributed by atoms with Gasteiger partial charge in [0.2, 0.25) is 0 Å². The number of hydrogen-bond donors (Lipinski definition) is 0. The first kappa shape index (κ1) is 67.8. The van der Waals surface area contributed by atoms with Gasteiger partial charge >= 0.3 is 33.9 Å². The van der Waals surface area contributed by atoms with Gasteiger partial charge in [0, 0.05) is 17.1 Å². The number of unbranched alkanes of at least 4 members (excludes halogenated alkanes) is 24. The summed E-state index contributed by atoms with van der Waals surface area (Å²) in [6.45, 7) is 36.4. The first-order chi connectivity index (χ1) is 27.7. The molecule has 0 bridgehead atoms. The topological polar surface area (TPSA) is 59.7 Å². The Morgan fingerprint density at radius 2 is 0.368 bits per heavy atom. The Bertz CT molecular complexity index is 684. The van der Waals surface area contributed by atoms with Crippen molar-refractivity contribution in [3.8, 4) is 0 Å². The third-order valence-corrected chi connectivity index (χ3v) is 15.5. The van der Waals surface area contributed by atoms with Gasteiger partial charge in [-0.05, 0) is 153 Å². The van der Waals surface area contributed by atoms with E-state index in [4.69, 9.17) is 14.0 Å². The summed E-state index contributed by atoms with van der Waals surface area (Å²) in [6.07, 6.45) is 62.6. The van der Waals surface area contributed by atoms with Gasteiger partial charge in [0.1, 0.15) is 0 Å². The molecule has 0 saturated carbocycles. The van der Waals surface area contributed by atoms with Crippen LogP contribution in [0.2, 0.25) is 0 Å². The molecule has 0 unspecified atom stereocenters. The summed E-state index contributed by atoms with van der Waals surface area (Å²) in [5.41, 5.74) is 0. The zero-order valence-electron chi connectivity index (χ0n) is 37.1. The van der Waals surface area contributed by atoms with Crippen molar-refractivity contribution in [2.75, 3.05) is 37.0 Å². The molecule has 0 aromatic carbocycles. The zero-order chi connectivity index (χ0) is 42.9. The molecule has 0 aliphatic rings. The summed E-state index contributed by atoms with van der Waals surface area (Å²) in [5, 5.41) is 0. The molecule has 0 amide bonds. The molecule has 0 radical (unpaired) electrons. The van der Waals surface area contributed by atoms with Gasteiger partial charge in [-0.25, -0.2) is 0 Å². The Balaban J connectivity index is -0.000000198. The van der Waals surface area contributed by atoms with Crippen molar-refractivity contribution in [3.05, 3.63) is 95.9 Å². The predicted molar refractivity (Wildman–Crippen MR) is 255 cm³/mol. The molecule has 330 valence electrons. The molecule has 0 aromatic heterocycles. The molecular formula is C51H90FeO3P2. The molecule has 0 rings (SSSR count). The van der Waals surface area contributed by atoms with E-state index in [9.17, 15) is 0 Å². The number of hydrogen-bond acceptors (Lipinski definition) is 0. The molecule has 0 aliphatic carbocycles. The minimum atomic E-state index is 0. The fraction of sp³-hybridized carbons (Fsp3) is 0.706. The van der Waals surface area contributed by atoms with E-state index in [-0.39, 0.29) is 17.1 Å². The van der Waals surface area contributed by atoms with Crippen molar-refractivity contribution in [1.82, 2.24) is 0 Å². The summed E-state index contributed by atoms with van der Waals surface area (Å²) in [5.74, 6) is 0. The Hall–Kier alpha value is -0.961. The van der Waals surface area contributed by atoms with E-state index in [1.807, 2.05) is 0 Å². The number of allylic oxidation sites excluding steroid dienone is 6. The smallest absolute Gasteiger partial charge is 0 e. The minimum absolute atomic E-state index is 0. The Kier molecular flexibility index (Phi) is 86.4. The third kappa shape index (κ3) is 70.0. The van der Waals surface area contributed by atoms with Crippen LogP contribution < -0.4 is 0 Å². The monoisotopic (exact) mass is 869 g/mol. The van der Waals surface area contributed by atoms with Crippen LogP contribution in [0.5, 0.6) is 0 Å². The standard InChI is InChI=1S/2C24H45P.3CO.Fe/c2*1-4-7-10-13-16-19-22-25(23-20-17-14-11-8-5-2)24-21-18-15-12-9-6-3;3*1-2;/h2*4-6H,1-3,7-24H2;;;;. The van der Waals surface area contributed by atoms with E-state index in [2.05, 4.69) is 95.9 Å². The van der Waals surface area contributed by atoms with Crippen molar-refractivity contribution < 1.29 is 31.0 Å². The maximum atomic E-state index is 7.50. The molecule has 3 nitrogen and oxygen atoms in total. The Morgan fingerprint density at radius 1 is 0.246 bits per heavy atom. The first-order valence-corrected chi connectivity index (χ1v) is 26.2. The van der Waals surface area contributed by atoms with Gasteiger partial charge in [0.05, 0.1) is 0 Å². The maximum Gasteiger partial charge on any atom is 0 e. The second-order valence-electron chi connectivity index (χ2n) is 14.6. The summed E-state index contributed by atoms with van der Waals surface area (Å²) in [7, 11) is 0.611. The normalized spacial score (nSPS) is 9.68. The van der Waals surface area contributed by atoms with Crippen LogP contribution in [0.25, 0.3) is 0 Å². The molecule has 57 heavy (non-hydrogen) atoms. The van der Waals surface area contributed by atoms with Crippen LogP contribution in [0, 0.1) is 20.0 Å². The summed E-state index contributed by atoms with van der Waals surface area (Å²) in [6, 6.07) is 0. The average Bonchev–Trinajstić information content (AvgIpc) is 3.24. The second-order valence-corrected chi connectivity index (χ2v) is 20.0. The van der Waals surface area contributed by atoms with Crippen LogP contribution in [0.3, 0.4) is 0 Å². The van der Waals surface area contributed by atoms with Gasteiger partial charge in [0.25, 0.3) is 0 Å². The molecule has 0 aromatic rings. The van der Waals surface area contributed by atoms with Crippen LogP contribution in [0.15, 0.2) is 75.9 Å². The van der Waals surface area contributed by atoms with Gasteiger partial charge in [-0.2, -0.15) is 0 Å². The summed E-state index contributed by atoms with van der Waals surface area (Å²) in [4.78, 5) is 0. The van der Waals surface area contributed by atoms with Crippen LogP contribution in [0.4, 0.5) is 0 Å². The average molecular weight is 869 g/mol. The van der Waals surface area contributed by atoms with Crippen LogP contribution >= 0.6 is 15.8 Å². The van der Waals surface area contributed by atoms with Crippen molar-refractivity contribution in [2.45, 2.75) is 193 Å². The van der Waals surface area contributed by atoms with Gasteiger partial charge in [0.15, 0.2) is 0 Å². The maximum absolute atomic E-state index is 7.50. The van der Waals surface area contributed by atoms with E-state index in [0.29, 0.717) is 15.8 Å². The van der Waals surface area contributed by atoms with Crippen LogP contribution in [-0.2, 0) is 31.0 Å². The van der Waals surface area contributed by atoms with E-state index >= 15 is 0 Å². The largest absolute Gasteiger partial charge is 0 e. The Labute approximate surface area is 370 Å². The third-order valence-electron chi connectivity index (χ3n) is 9.80. The fourth-order valence-electron chi connectivity index (χ4n) is 6.54. The van der Waals surface area contributed by atoms with Crippen molar-refractivity contribution >= 4 is 15.8 Å². The molecule has 0 aliphatic heterocycles. The molecule has 0 heterocycles. The van der Waals surface area contributed by atoms with Gasteiger partial charge in [-0.3, -0.25) is 0 Å². The van der Waals surface area contributed by atoms with Gasteiger partial charge in [-0.1, -0.05) is 114 Å². The molecular weight excluding hydrogens is 778 g/mol. The molecule has 0 saturated heterocycles. The van der Waals surface area contributed by atoms with E-state index < -0.39 is 0 Å². The van der Waals surface area contributed by atoms with E-state index in [1.165, 1.54) is 230 Å². The molecule has 0 atom stereocenters. The van der Waals surface area contributed by atoms with Crippen molar-refractivity contribution in [1.29, 1.82) is 0 Å². The first-order valence-electron chi connectivity index (χ1n) is 22.4. The SMILES string of the molecule is C=CCCCCCCP(CCCCCCC=C)CCCCCCC=C.C=CCCCCCCP(CCCCCCC=C)CCCCCCC=C.[C-]#[O+].[C-]#[O+].[C-]#[O+].[Fe]. The summed E-state index contributed by atoms with van der Waals surface area (Å²) >= 11 is 0. The predicted octanol–water partition coefficient (Wildman–Crippen LogP) is 17.6. The van der Waals surface area contributed by atoms with Crippen LogP contribution in [-0.4, -0.2) is 37.0 Å². The van der Waals surface area contributed by atoms with Crippen molar-refractivity contribution in [3.63, 3.8) is 0 Å². The molecule has 0 fully saturated rings. The van der Waals surface area contributed by atoms with E-state index in [0.717, 1.165) is 0 Å². The quantitative estimate of drug-likeness (QED) is 0.0147. The zero-order valence-corrected chi connectivity index (χ0v) is 40.0.